The molecule has 6 nitrogen and oxygen atoms in total. The molecule has 2 aliphatic heterocycles. The molecule has 1 spiro atoms. The van der Waals surface area contributed by atoms with Crippen molar-refractivity contribution in [2.75, 3.05) is 52.4 Å². The summed E-state index contributed by atoms with van der Waals surface area (Å²) in [5.74, 6) is 2.00. The van der Waals surface area contributed by atoms with Gasteiger partial charge in [-0.25, -0.2) is 0 Å². The fraction of sp³-hybridized carbons (Fsp3) is 0.731. The van der Waals surface area contributed by atoms with Gasteiger partial charge in [0.15, 0.2) is 5.96 Å². The average Bonchev–Trinajstić information content (AvgIpc) is 3.26. The van der Waals surface area contributed by atoms with Crippen molar-refractivity contribution in [2.45, 2.75) is 70.4 Å². The van der Waals surface area contributed by atoms with Gasteiger partial charge in [-0.3, -0.25) is 4.99 Å². The van der Waals surface area contributed by atoms with Gasteiger partial charge < -0.3 is 25.2 Å². The van der Waals surface area contributed by atoms with Crippen LogP contribution in [0.25, 0.3) is 0 Å². The second-order valence-corrected chi connectivity index (χ2v) is 9.67. The minimum atomic E-state index is 0.00510. The molecule has 6 heteroatoms. The van der Waals surface area contributed by atoms with Crippen LogP contribution in [0, 0.1) is 0 Å². The van der Waals surface area contributed by atoms with E-state index in [2.05, 4.69) is 58.5 Å². The van der Waals surface area contributed by atoms with E-state index in [0.717, 1.165) is 37.6 Å². The Hall–Kier alpha value is -1.79. The van der Waals surface area contributed by atoms with Gasteiger partial charge in [-0.05, 0) is 64.6 Å². The second-order valence-electron chi connectivity index (χ2n) is 9.67. The summed E-state index contributed by atoms with van der Waals surface area (Å²) in [6.45, 7) is 13.4. The first-order chi connectivity index (χ1) is 15.7. The molecular formula is C26H43N5O. The predicted molar refractivity (Wildman–Crippen MR) is 133 cm³/mol. The number of piperazine rings is 1. The highest BCUT2D eigenvalue weighted by atomic mass is 16.5. The van der Waals surface area contributed by atoms with Crippen LogP contribution in [0.3, 0.4) is 0 Å². The summed E-state index contributed by atoms with van der Waals surface area (Å²) in [7, 11) is 0. The molecule has 1 aromatic carbocycles. The number of benzene rings is 1. The number of ether oxygens (including phenoxy) is 1. The van der Waals surface area contributed by atoms with Crippen LogP contribution >= 0.6 is 0 Å². The lowest BCUT2D eigenvalue weighted by molar-refractivity contribution is 0.0396. The zero-order chi connectivity index (χ0) is 22.2. The quantitative estimate of drug-likeness (QED) is 0.365. The molecule has 2 fully saturated rings. The van der Waals surface area contributed by atoms with Gasteiger partial charge in [0.1, 0.15) is 11.4 Å². The summed E-state index contributed by atoms with van der Waals surface area (Å²) in [6.07, 6.45) is 8.27. The molecule has 0 radical (unpaired) electrons. The van der Waals surface area contributed by atoms with E-state index in [0.29, 0.717) is 0 Å². The van der Waals surface area contributed by atoms with Crippen molar-refractivity contribution in [3.63, 3.8) is 0 Å². The Morgan fingerprint density at radius 1 is 1.06 bits per heavy atom. The molecular weight excluding hydrogens is 398 g/mol. The number of nitrogens with zero attached hydrogens (tertiary/aromatic N) is 3. The van der Waals surface area contributed by atoms with E-state index in [1.54, 1.807) is 0 Å². The molecule has 1 saturated carbocycles. The molecule has 1 unspecified atom stereocenters. The second kappa shape index (κ2) is 11.4. The zero-order valence-corrected chi connectivity index (χ0v) is 20.2. The summed E-state index contributed by atoms with van der Waals surface area (Å²) in [5, 5.41) is 7.23. The first-order valence-electron chi connectivity index (χ1n) is 13.0. The van der Waals surface area contributed by atoms with Gasteiger partial charge >= 0.3 is 0 Å². The first-order valence-corrected chi connectivity index (χ1v) is 13.0. The highest BCUT2D eigenvalue weighted by Gasteiger charge is 2.43. The van der Waals surface area contributed by atoms with Gasteiger partial charge in [-0.1, -0.05) is 25.1 Å². The van der Waals surface area contributed by atoms with Crippen LogP contribution < -0.4 is 15.4 Å². The Labute approximate surface area is 194 Å². The topological polar surface area (TPSA) is 52.1 Å². The smallest absolute Gasteiger partial charge is 0.191 e. The minimum Gasteiger partial charge on any atom is -0.487 e. The van der Waals surface area contributed by atoms with Gasteiger partial charge in [-0.2, -0.15) is 0 Å². The maximum Gasteiger partial charge on any atom is 0.191 e. The maximum absolute atomic E-state index is 6.53. The number of hydrogen-bond acceptors (Lipinski definition) is 4. The molecule has 178 valence electrons. The molecule has 1 saturated heterocycles. The van der Waals surface area contributed by atoms with E-state index in [1.165, 1.54) is 76.9 Å². The van der Waals surface area contributed by atoms with Crippen LogP contribution in [0.2, 0.25) is 0 Å². The molecule has 2 heterocycles. The third kappa shape index (κ3) is 5.96. The molecule has 1 aliphatic carbocycles. The summed E-state index contributed by atoms with van der Waals surface area (Å²) in [4.78, 5) is 10.1. The maximum atomic E-state index is 6.53. The Morgan fingerprint density at radius 2 is 1.81 bits per heavy atom. The van der Waals surface area contributed by atoms with Crippen molar-refractivity contribution in [3.05, 3.63) is 29.8 Å². The van der Waals surface area contributed by atoms with E-state index >= 15 is 0 Å². The highest BCUT2D eigenvalue weighted by molar-refractivity contribution is 5.80. The molecule has 3 aliphatic rings. The van der Waals surface area contributed by atoms with Gasteiger partial charge in [-0.15, -0.1) is 0 Å². The average molecular weight is 442 g/mol. The van der Waals surface area contributed by atoms with Crippen LogP contribution in [-0.4, -0.2) is 73.7 Å². The summed E-state index contributed by atoms with van der Waals surface area (Å²) in [6, 6.07) is 8.80. The van der Waals surface area contributed by atoms with Gasteiger partial charge in [0.25, 0.3) is 0 Å². The zero-order valence-electron chi connectivity index (χ0n) is 20.2. The Morgan fingerprint density at radius 3 is 2.56 bits per heavy atom. The van der Waals surface area contributed by atoms with Crippen LogP contribution in [0.1, 0.15) is 70.4 Å². The van der Waals surface area contributed by atoms with Crippen molar-refractivity contribution in [2.24, 2.45) is 4.99 Å². The monoisotopic (exact) mass is 441 g/mol. The van der Waals surface area contributed by atoms with Gasteiger partial charge in [0.05, 0.1) is 6.04 Å². The lowest BCUT2D eigenvalue weighted by Crippen LogP contribution is -2.46. The van der Waals surface area contributed by atoms with Gasteiger partial charge in [0, 0.05) is 51.3 Å². The normalized spacial score (nSPS) is 23.7. The largest absolute Gasteiger partial charge is 0.487 e. The van der Waals surface area contributed by atoms with Crippen molar-refractivity contribution >= 4 is 5.96 Å². The van der Waals surface area contributed by atoms with Crippen LogP contribution in [0.4, 0.5) is 0 Å². The Kier molecular flexibility index (Phi) is 8.31. The first kappa shape index (κ1) is 23.4. The molecule has 2 N–H and O–H groups in total. The number of hydrogen-bond donors (Lipinski definition) is 2. The van der Waals surface area contributed by atoms with E-state index in [4.69, 9.17) is 9.73 Å². The van der Waals surface area contributed by atoms with Crippen LogP contribution in [-0.2, 0) is 0 Å². The Balaban J connectivity index is 1.30. The van der Waals surface area contributed by atoms with Gasteiger partial charge in [0.2, 0.25) is 0 Å². The number of aliphatic imine (C=N–C) groups is 1. The fourth-order valence-corrected chi connectivity index (χ4v) is 5.52. The lowest BCUT2D eigenvalue weighted by atomic mass is 9.86. The Bertz CT molecular complexity index is 737. The van der Waals surface area contributed by atoms with E-state index in [9.17, 15) is 0 Å². The van der Waals surface area contributed by atoms with Crippen LogP contribution in [0.15, 0.2) is 29.3 Å². The molecule has 0 aromatic heterocycles. The molecule has 0 bridgehead atoms. The standard InChI is InChI=1S/C26H43N5O/c1-3-27-25(28-15-9-10-16-31-19-17-30(4-2)18-20-31)29-23-21-26(13-7-8-14-26)32-24-12-6-5-11-22(23)24/h5-6,11-12,23H,3-4,7-10,13-21H2,1-2H3,(H2,27,28,29). The number of likely N-dealkylation sites (N-methyl/N-ethyl adjacent to an activating group) is 1. The molecule has 4 rings (SSSR count). The molecule has 32 heavy (non-hydrogen) atoms. The van der Waals surface area contributed by atoms with E-state index in [1.807, 2.05) is 0 Å². The highest BCUT2D eigenvalue weighted by Crippen LogP contribution is 2.46. The fourth-order valence-electron chi connectivity index (χ4n) is 5.52. The van der Waals surface area contributed by atoms with Crippen molar-refractivity contribution in [1.82, 2.24) is 20.4 Å². The predicted octanol–water partition coefficient (Wildman–Crippen LogP) is 3.80. The van der Waals surface area contributed by atoms with Crippen LogP contribution in [0.5, 0.6) is 5.75 Å². The molecule has 0 amide bonds. The summed E-state index contributed by atoms with van der Waals surface area (Å²) >= 11 is 0. The molecule has 1 aromatic rings. The SMILES string of the molecule is CCNC(=NCCCCN1CCN(CC)CC1)NC1CC2(CCCC2)Oc2ccccc21. The van der Waals surface area contributed by atoms with Crippen molar-refractivity contribution < 1.29 is 4.74 Å². The third-order valence-electron chi connectivity index (χ3n) is 7.43. The molecule has 1 atom stereocenters. The minimum absolute atomic E-state index is 0.00510. The van der Waals surface area contributed by atoms with Crippen molar-refractivity contribution in [1.29, 1.82) is 0 Å². The van der Waals surface area contributed by atoms with Crippen molar-refractivity contribution in [3.8, 4) is 5.75 Å². The summed E-state index contributed by atoms with van der Waals surface area (Å²) < 4.78 is 6.53. The summed E-state index contributed by atoms with van der Waals surface area (Å²) in [5.41, 5.74) is 1.27. The number of unbranched alkanes of at least 4 members (excludes halogenated alkanes) is 1. The third-order valence-corrected chi connectivity index (χ3v) is 7.43. The number of nitrogens with one attached hydrogen (secondary N) is 2. The van der Waals surface area contributed by atoms with E-state index < -0.39 is 0 Å². The number of guanidine groups is 1. The van der Waals surface area contributed by atoms with E-state index in [-0.39, 0.29) is 11.6 Å². The lowest BCUT2D eigenvalue weighted by Gasteiger charge is -2.40. The number of para-hydroxylation sites is 1. The number of rotatable bonds is 8. The number of fused-ring (bicyclic) bond motifs is 1.